The third-order valence-electron chi connectivity index (χ3n) is 3.42. The maximum Gasteiger partial charge on any atom is 0.338 e. The van der Waals surface area contributed by atoms with Crippen molar-refractivity contribution in [3.8, 4) is 17.2 Å². The van der Waals surface area contributed by atoms with Gasteiger partial charge in [0.15, 0.2) is 18.1 Å². The molecule has 0 radical (unpaired) electrons. The Morgan fingerprint density at radius 3 is 2.74 bits per heavy atom. The summed E-state index contributed by atoms with van der Waals surface area (Å²) in [5, 5.41) is 2.72. The van der Waals surface area contributed by atoms with E-state index in [1.807, 2.05) is 13.8 Å². The van der Waals surface area contributed by atoms with E-state index in [4.69, 9.17) is 18.9 Å². The number of hydrogen-bond acceptors (Lipinski definition) is 6. The molecule has 2 rings (SSSR count). The van der Waals surface area contributed by atoms with Gasteiger partial charge in [-0.1, -0.05) is 6.92 Å². The van der Waals surface area contributed by atoms with Crippen LogP contribution < -0.4 is 19.5 Å². The van der Waals surface area contributed by atoms with Crippen LogP contribution in [0.1, 0.15) is 30.6 Å². The molecule has 7 nitrogen and oxygen atoms in total. The van der Waals surface area contributed by atoms with Crippen molar-refractivity contribution in [3.63, 3.8) is 0 Å². The van der Waals surface area contributed by atoms with E-state index in [1.54, 1.807) is 0 Å². The fraction of sp³-hybridized carbons (Fsp3) is 0.500. The molecule has 1 atom stereocenters. The second kappa shape index (κ2) is 7.71. The highest BCUT2D eigenvalue weighted by molar-refractivity contribution is 5.92. The summed E-state index contributed by atoms with van der Waals surface area (Å²) in [4.78, 5) is 23.8. The molecule has 1 N–H and O–H groups in total. The molecule has 0 saturated heterocycles. The number of benzene rings is 1. The molecule has 0 bridgehead atoms. The molecule has 1 heterocycles. The fourth-order valence-electron chi connectivity index (χ4n) is 2.02. The number of fused-ring (bicyclic) bond motifs is 1. The van der Waals surface area contributed by atoms with Gasteiger partial charge in [0.05, 0.1) is 12.7 Å². The van der Waals surface area contributed by atoms with Crippen molar-refractivity contribution in [2.24, 2.45) is 0 Å². The number of carbonyl (C=O) groups is 2. The second-order valence-electron chi connectivity index (χ2n) is 5.16. The first-order valence-corrected chi connectivity index (χ1v) is 7.49. The lowest BCUT2D eigenvalue weighted by Gasteiger charge is -2.21. The molecule has 1 aromatic rings. The quantitative estimate of drug-likeness (QED) is 0.800. The van der Waals surface area contributed by atoms with Crippen LogP contribution >= 0.6 is 0 Å². The zero-order valence-corrected chi connectivity index (χ0v) is 13.5. The number of amides is 1. The highest BCUT2D eigenvalue weighted by Crippen LogP contribution is 2.40. The molecule has 0 fully saturated rings. The molecule has 0 unspecified atom stereocenters. The number of nitrogens with one attached hydrogen (secondary N) is 1. The van der Waals surface area contributed by atoms with Gasteiger partial charge in [0.2, 0.25) is 5.75 Å². The van der Waals surface area contributed by atoms with Crippen LogP contribution in [0.3, 0.4) is 0 Å². The number of ether oxygens (including phenoxy) is 4. The van der Waals surface area contributed by atoms with Crippen molar-refractivity contribution in [1.29, 1.82) is 0 Å². The van der Waals surface area contributed by atoms with Gasteiger partial charge in [-0.15, -0.1) is 0 Å². The molecule has 23 heavy (non-hydrogen) atoms. The van der Waals surface area contributed by atoms with Crippen LogP contribution in [0.5, 0.6) is 17.2 Å². The Balaban J connectivity index is 2.03. The van der Waals surface area contributed by atoms with Gasteiger partial charge in [-0.25, -0.2) is 4.79 Å². The zero-order valence-electron chi connectivity index (χ0n) is 13.5. The van der Waals surface area contributed by atoms with Crippen LogP contribution in [0.4, 0.5) is 0 Å². The highest BCUT2D eigenvalue weighted by Gasteiger charge is 2.22. The summed E-state index contributed by atoms with van der Waals surface area (Å²) in [6, 6.07) is 3.06. The summed E-state index contributed by atoms with van der Waals surface area (Å²) in [6.07, 6.45) is 0.805. The van der Waals surface area contributed by atoms with E-state index in [0.29, 0.717) is 30.5 Å². The molecular formula is C16H21NO6. The molecule has 0 aromatic heterocycles. The maximum atomic E-state index is 12.1. The number of esters is 1. The topological polar surface area (TPSA) is 83.1 Å². The van der Waals surface area contributed by atoms with Gasteiger partial charge in [0.1, 0.15) is 13.2 Å². The van der Waals surface area contributed by atoms with E-state index in [9.17, 15) is 9.59 Å². The van der Waals surface area contributed by atoms with Gasteiger partial charge in [-0.05, 0) is 25.5 Å². The molecule has 0 aliphatic carbocycles. The lowest BCUT2D eigenvalue weighted by molar-refractivity contribution is -0.124. The van der Waals surface area contributed by atoms with Crippen LogP contribution in [0.15, 0.2) is 12.1 Å². The summed E-state index contributed by atoms with van der Waals surface area (Å²) in [5.41, 5.74) is 0.238. The highest BCUT2D eigenvalue weighted by atomic mass is 16.6. The molecule has 1 aliphatic rings. The van der Waals surface area contributed by atoms with Crippen molar-refractivity contribution in [1.82, 2.24) is 5.32 Å². The van der Waals surface area contributed by atoms with Crippen LogP contribution in [0, 0.1) is 0 Å². The minimum atomic E-state index is -0.625. The SMILES string of the molecule is CC[C@H](C)NC(=O)COC(=O)c1cc(OC)c2c(c1)OCCO2. The minimum absolute atomic E-state index is 0.0376. The average Bonchev–Trinajstić information content (AvgIpc) is 2.58. The standard InChI is InChI=1S/C16H21NO6/c1-4-10(2)17-14(18)9-23-16(19)11-7-12(20-3)15-13(8-11)21-5-6-22-15/h7-8,10H,4-6,9H2,1-3H3,(H,17,18)/t10-/m0/s1. The number of hydrogen-bond donors (Lipinski definition) is 1. The Bertz CT molecular complexity index is 569. The first-order valence-electron chi connectivity index (χ1n) is 7.49. The minimum Gasteiger partial charge on any atom is -0.493 e. The first kappa shape index (κ1) is 16.9. The lowest BCUT2D eigenvalue weighted by atomic mass is 10.1. The Kier molecular flexibility index (Phi) is 5.67. The average molecular weight is 323 g/mol. The molecule has 0 spiro atoms. The van der Waals surface area contributed by atoms with Crippen LogP contribution in [0.25, 0.3) is 0 Å². The Morgan fingerprint density at radius 1 is 1.30 bits per heavy atom. The molecule has 1 amide bonds. The van der Waals surface area contributed by atoms with E-state index < -0.39 is 5.97 Å². The van der Waals surface area contributed by atoms with Crippen LogP contribution in [-0.2, 0) is 9.53 Å². The molecular weight excluding hydrogens is 302 g/mol. The van der Waals surface area contributed by atoms with Gasteiger partial charge >= 0.3 is 5.97 Å². The van der Waals surface area contributed by atoms with Gasteiger partial charge < -0.3 is 24.3 Å². The molecule has 1 aromatic carbocycles. The van der Waals surface area contributed by atoms with E-state index >= 15 is 0 Å². The second-order valence-corrected chi connectivity index (χ2v) is 5.16. The molecule has 0 saturated carbocycles. The van der Waals surface area contributed by atoms with Crippen molar-refractivity contribution in [3.05, 3.63) is 17.7 Å². The van der Waals surface area contributed by atoms with Crippen molar-refractivity contribution < 1.29 is 28.5 Å². The van der Waals surface area contributed by atoms with Crippen molar-refractivity contribution in [2.75, 3.05) is 26.9 Å². The molecule has 126 valence electrons. The Hall–Kier alpha value is -2.44. The molecule has 1 aliphatic heterocycles. The summed E-state index contributed by atoms with van der Waals surface area (Å²) in [5.74, 6) is 0.311. The third-order valence-corrected chi connectivity index (χ3v) is 3.42. The first-order chi connectivity index (χ1) is 11.0. The summed E-state index contributed by atoms with van der Waals surface area (Å²) in [7, 11) is 1.47. The third kappa shape index (κ3) is 4.28. The van der Waals surface area contributed by atoms with Crippen molar-refractivity contribution in [2.45, 2.75) is 26.3 Å². The molecule has 7 heteroatoms. The van der Waals surface area contributed by atoms with Crippen LogP contribution in [-0.4, -0.2) is 44.8 Å². The maximum absolute atomic E-state index is 12.1. The van der Waals surface area contributed by atoms with E-state index in [0.717, 1.165) is 6.42 Å². The smallest absolute Gasteiger partial charge is 0.338 e. The summed E-state index contributed by atoms with van der Waals surface area (Å²) < 4.78 is 21.2. The number of methoxy groups -OCH3 is 1. The summed E-state index contributed by atoms with van der Waals surface area (Å²) >= 11 is 0. The summed E-state index contributed by atoms with van der Waals surface area (Å²) in [6.45, 7) is 4.32. The van der Waals surface area contributed by atoms with E-state index in [1.165, 1.54) is 19.2 Å². The van der Waals surface area contributed by atoms with E-state index in [2.05, 4.69) is 5.32 Å². The monoisotopic (exact) mass is 323 g/mol. The predicted molar refractivity (Wildman–Crippen MR) is 82.2 cm³/mol. The van der Waals surface area contributed by atoms with Gasteiger partial charge in [0.25, 0.3) is 5.91 Å². The normalized spacial score (nSPS) is 13.9. The van der Waals surface area contributed by atoms with E-state index in [-0.39, 0.29) is 24.1 Å². The fourth-order valence-corrected chi connectivity index (χ4v) is 2.02. The lowest BCUT2D eigenvalue weighted by Crippen LogP contribution is -2.35. The Labute approximate surface area is 134 Å². The number of rotatable bonds is 6. The largest absolute Gasteiger partial charge is 0.493 e. The zero-order chi connectivity index (χ0) is 16.8. The Morgan fingerprint density at radius 2 is 2.04 bits per heavy atom. The van der Waals surface area contributed by atoms with Gasteiger partial charge in [0, 0.05) is 6.04 Å². The van der Waals surface area contributed by atoms with Crippen LogP contribution in [0.2, 0.25) is 0 Å². The van der Waals surface area contributed by atoms with Gasteiger partial charge in [-0.2, -0.15) is 0 Å². The van der Waals surface area contributed by atoms with Gasteiger partial charge in [-0.3, -0.25) is 4.79 Å². The predicted octanol–water partition coefficient (Wildman–Crippen LogP) is 1.54. The number of carbonyl (C=O) groups excluding carboxylic acids is 2. The van der Waals surface area contributed by atoms with Crippen molar-refractivity contribution >= 4 is 11.9 Å².